The van der Waals surface area contributed by atoms with Crippen molar-refractivity contribution >= 4 is 39.2 Å². The monoisotopic (exact) mass is 472 g/mol. The Bertz CT molecular complexity index is 976. The molecule has 158 valence electrons. The van der Waals surface area contributed by atoms with Gasteiger partial charge in [0.2, 0.25) is 0 Å². The van der Waals surface area contributed by atoms with Gasteiger partial charge in [0.25, 0.3) is 10.0 Å². The number of phenolic OH excluding ortho intramolecular Hbond substituents is 1. The first kappa shape index (κ1) is 23.2. The van der Waals surface area contributed by atoms with Crippen molar-refractivity contribution in [3.05, 3.63) is 46.1 Å². The Morgan fingerprint density at radius 1 is 1.21 bits per heavy atom. The van der Waals surface area contributed by atoms with Crippen LogP contribution in [0, 0.1) is 0 Å². The number of aromatic nitrogens is 1. The minimum atomic E-state index is -4.63. The number of rotatable bonds is 7. The molecule has 1 aromatic carbocycles. The van der Waals surface area contributed by atoms with E-state index >= 15 is 0 Å². The molecule has 0 unspecified atom stereocenters. The molecule has 0 atom stereocenters. The fourth-order valence-corrected chi connectivity index (χ4v) is 3.58. The Labute approximate surface area is 173 Å². The highest BCUT2D eigenvalue weighted by Gasteiger charge is 2.31. The van der Waals surface area contributed by atoms with Crippen LogP contribution >= 0.6 is 23.2 Å². The number of hydrogen-bond acceptors (Lipinski definition) is 6. The Kier molecular flexibility index (Phi) is 7.33. The van der Waals surface area contributed by atoms with Crippen molar-refractivity contribution in [2.24, 2.45) is 0 Å². The highest BCUT2D eigenvalue weighted by molar-refractivity contribution is 7.89. The SMILES string of the molecule is O=C(CCCNS(=O)(=O)c1ccc(C(F)(F)F)cn1)Oc1c(Cl)cc(O)cc1Cl. The van der Waals surface area contributed by atoms with E-state index in [2.05, 4.69) is 9.71 Å². The number of alkyl halides is 3. The van der Waals surface area contributed by atoms with Crippen molar-refractivity contribution in [2.45, 2.75) is 24.0 Å². The second-order valence-electron chi connectivity index (χ2n) is 5.60. The Morgan fingerprint density at radius 2 is 1.83 bits per heavy atom. The first-order chi connectivity index (χ1) is 13.4. The Balaban J connectivity index is 1.87. The van der Waals surface area contributed by atoms with Gasteiger partial charge in [-0.3, -0.25) is 4.79 Å². The van der Waals surface area contributed by atoms with Crippen molar-refractivity contribution < 1.29 is 36.2 Å². The summed E-state index contributed by atoms with van der Waals surface area (Å²) in [5.74, 6) is -1.12. The van der Waals surface area contributed by atoms with Gasteiger partial charge in [0.15, 0.2) is 10.8 Å². The van der Waals surface area contributed by atoms with Gasteiger partial charge in [-0.25, -0.2) is 18.1 Å². The highest BCUT2D eigenvalue weighted by Crippen LogP contribution is 2.36. The van der Waals surface area contributed by atoms with Crippen LogP contribution in [0.5, 0.6) is 11.5 Å². The largest absolute Gasteiger partial charge is 0.508 e. The van der Waals surface area contributed by atoms with Gasteiger partial charge in [0, 0.05) is 31.3 Å². The molecule has 0 aliphatic heterocycles. The lowest BCUT2D eigenvalue weighted by atomic mass is 10.3. The van der Waals surface area contributed by atoms with Crippen molar-refractivity contribution in [1.29, 1.82) is 0 Å². The summed E-state index contributed by atoms with van der Waals surface area (Å²) in [4.78, 5) is 15.1. The van der Waals surface area contributed by atoms with Crippen LogP contribution in [0.3, 0.4) is 0 Å². The summed E-state index contributed by atoms with van der Waals surface area (Å²) in [6, 6.07) is 3.58. The van der Waals surface area contributed by atoms with Gasteiger partial charge in [-0.1, -0.05) is 23.2 Å². The lowest BCUT2D eigenvalue weighted by Crippen LogP contribution is -2.26. The quantitative estimate of drug-likeness (QED) is 0.360. The van der Waals surface area contributed by atoms with E-state index < -0.39 is 32.8 Å². The molecule has 0 radical (unpaired) electrons. The summed E-state index contributed by atoms with van der Waals surface area (Å²) in [5.41, 5.74) is -1.08. The lowest BCUT2D eigenvalue weighted by Gasteiger charge is -2.10. The normalized spacial score (nSPS) is 12.0. The topological polar surface area (TPSA) is 106 Å². The number of pyridine rings is 1. The predicted molar refractivity (Wildman–Crippen MR) is 97.4 cm³/mol. The third kappa shape index (κ3) is 6.46. The third-order valence-corrected chi connectivity index (χ3v) is 5.33. The second kappa shape index (κ2) is 9.16. The molecular formula is C16H13Cl2F3N2O5S. The van der Waals surface area contributed by atoms with Crippen molar-refractivity contribution in [3.63, 3.8) is 0 Å². The molecule has 1 heterocycles. The number of nitrogens with zero attached hydrogens (tertiary/aromatic N) is 1. The van der Waals surface area contributed by atoms with E-state index in [-0.39, 0.29) is 40.9 Å². The highest BCUT2D eigenvalue weighted by atomic mass is 35.5. The molecular weight excluding hydrogens is 460 g/mol. The van der Waals surface area contributed by atoms with E-state index in [0.717, 1.165) is 18.2 Å². The zero-order valence-electron chi connectivity index (χ0n) is 14.3. The number of nitrogens with one attached hydrogen (secondary N) is 1. The molecule has 0 aliphatic carbocycles. The van der Waals surface area contributed by atoms with E-state index in [1.54, 1.807) is 0 Å². The molecule has 0 amide bonds. The van der Waals surface area contributed by atoms with E-state index in [1.165, 1.54) is 0 Å². The van der Waals surface area contributed by atoms with Gasteiger partial charge < -0.3 is 9.84 Å². The maximum absolute atomic E-state index is 12.5. The van der Waals surface area contributed by atoms with Crippen LogP contribution in [-0.4, -0.2) is 31.0 Å². The summed E-state index contributed by atoms with van der Waals surface area (Å²) in [6.07, 6.45) is -4.41. The summed E-state index contributed by atoms with van der Waals surface area (Å²) in [7, 11) is -4.15. The molecule has 0 aliphatic rings. The maximum Gasteiger partial charge on any atom is 0.417 e. The number of hydrogen-bond donors (Lipinski definition) is 2. The van der Waals surface area contributed by atoms with Gasteiger partial charge in [-0.15, -0.1) is 0 Å². The number of sulfonamides is 1. The Hall–Kier alpha value is -2.08. The number of aromatic hydroxyl groups is 1. The standard InChI is InChI=1S/C16H13Cl2F3N2O5S/c17-11-6-10(24)7-12(18)15(11)28-14(25)2-1-5-23-29(26,27)13-4-3-9(8-22-13)16(19,20)21/h3-4,6-8,23-24H,1-2,5H2. The summed E-state index contributed by atoms with van der Waals surface area (Å²) >= 11 is 11.6. The molecule has 2 aromatic rings. The molecule has 2 rings (SSSR count). The number of ether oxygens (including phenoxy) is 1. The van der Waals surface area contributed by atoms with Gasteiger partial charge in [0.1, 0.15) is 5.75 Å². The van der Waals surface area contributed by atoms with Crippen LogP contribution < -0.4 is 9.46 Å². The molecule has 0 fully saturated rings. The molecule has 13 heteroatoms. The minimum Gasteiger partial charge on any atom is -0.508 e. The molecule has 29 heavy (non-hydrogen) atoms. The maximum atomic E-state index is 12.5. The fourth-order valence-electron chi connectivity index (χ4n) is 2.03. The Morgan fingerprint density at radius 3 is 2.34 bits per heavy atom. The summed E-state index contributed by atoms with van der Waals surface area (Å²) in [5, 5.41) is 8.56. The van der Waals surface area contributed by atoms with E-state index in [4.69, 9.17) is 27.9 Å². The fraction of sp³-hybridized carbons (Fsp3) is 0.250. The molecule has 0 bridgehead atoms. The number of benzene rings is 1. The van der Waals surface area contributed by atoms with Crippen LogP contribution in [0.15, 0.2) is 35.5 Å². The first-order valence-electron chi connectivity index (χ1n) is 7.82. The predicted octanol–water partition coefficient (Wildman–Crippen LogP) is 3.78. The number of esters is 1. The smallest absolute Gasteiger partial charge is 0.417 e. The summed E-state index contributed by atoms with van der Waals surface area (Å²) < 4.78 is 68.6. The van der Waals surface area contributed by atoms with Gasteiger partial charge in [-0.2, -0.15) is 13.2 Å². The molecule has 7 nitrogen and oxygen atoms in total. The van der Waals surface area contributed by atoms with Crippen LogP contribution in [0.2, 0.25) is 10.0 Å². The average molecular weight is 473 g/mol. The van der Waals surface area contributed by atoms with Crippen LogP contribution in [0.1, 0.15) is 18.4 Å². The number of carbonyl (C=O) groups excluding carboxylic acids is 1. The third-order valence-electron chi connectivity index (χ3n) is 3.39. The zero-order chi connectivity index (χ0) is 21.8. The molecule has 0 saturated heterocycles. The number of phenols is 1. The minimum absolute atomic E-state index is 0.0199. The molecule has 1 aromatic heterocycles. The molecule has 0 spiro atoms. The van der Waals surface area contributed by atoms with Gasteiger partial charge >= 0.3 is 12.1 Å². The average Bonchev–Trinajstić information content (AvgIpc) is 2.61. The van der Waals surface area contributed by atoms with Crippen molar-refractivity contribution in [2.75, 3.05) is 6.54 Å². The molecule has 2 N–H and O–H groups in total. The second-order valence-corrected chi connectivity index (χ2v) is 8.13. The lowest BCUT2D eigenvalue weighted by molar-refractivity contribution is -0.138. The summed E-state index contributed by atoms with van der Waals surface area (Å²) in [6.45, 7) is -0.197. The van der Waals surface area contributed by atoms with Crippen LogP contribution in [-0.2, 0) is 21.0 Å². The molecule has 0 saturated carbocycles. The number of carbonyl (C=O) groups is 1. The van der Waals surface area contributed by atoms with Crippen LogP contribution in [0.25, 0.3) is 0 Å². The van der Waals surface area contributed by atoms with E-state index in [0.29, 0.717) is 12.3 Å². The van der Waals surface area contributed by atoms with E-state index in [1.807, 2.05) is 0 Å². The van der Waals surface area contributed by atoms with Gasteiger partial charge in [-0.05, 0) is 18.6 Å². The van der Waals surface area contributed by atoms with Crippen molar-refractivity contribution in [1.82, 2.24) is 9.71 Å². The van der Waals surface area contributed by atoms with Crippen LogP contribution in [0.4, 0.5) is 13.2 Å². The van der Waals surface area contributed by atoms with Crippen molar-refractivity contribution in [3.8, 4) is 11.5 Å². The van der Waals surface area contributed by atoms with Gasteiger partial charge in [0.05, 0.1) is 15.6 Å². The zero-order valence-corrected chi connectivity index (χ0v) is 16.7. The first-order valence-corrected chi connectivity index (χ1v) is 10.1. The number of halogens is 5. The van der Waals surface area contributed by atoms with E-state index in [9.17, 15) is 31.5 Å².